The van der Waals surface area contributed by atoms with E-state index in [0.717, 1.165) is 10.5 Å². The number of morpholine rings is 1. The molecule has 0 spiro atoms. The minimum absolute atomic E-state index is 0.0465. The largest absolute Gasteiger partial charge is 0.497 e. The van der Waals surface area contributed by atoms with Gasteiger partial charge in [0.2, 0.25) is 15.9 Å². The van der Waals surface area contributed by atoms with Crippen LogP contribution in [0.5, 0.6) is 5.75 Å². The van der Waals surface area contributed by atoms with E-state index in [9.17, 15) is 18.0 Å². The zero-order valence-electron chi connectivity index (χ0n) is 20.9. The van der Waals surface area contributed by atoms with E-state index in [1.165, 1.54) is 23.5 Å². The number of ether oxygens (including phenoxy) is 2. The molecule has 2 fully saturated rings. The molecule has 2 aliphatic heterocycles. The Kier molecular flexibility index (Phi) is 8.09. The normalized spacial score (nSPS) is 19.5. The van der Waals surface area contributed by atoms with E-state index in [1.807, 2.05) is 12.1 Å². The molecule has 9 nitrogen and oxygen atoms in total. The molecule has 36 heavy (non-hydrogen) atoms. The van der Waals surface area contributed by atoms with E-state index in [4.69, 9.17) is 9.47 Å². The molecule has 0 radical (unpaired) electrons. The number of carbonyl (C=O) groups is 2. The number of carbonyl (C=O) groups excluding carboxylic acids is 2. The predicted molar refractivity (Wildman–Crippen MR) is 136 cm³/mol. The first-order valence-electron chi connectivity index (χ1n) is 12.1. The predicted octanol–water partition coefficient (Wildman–Crippen LogP) is 2.47. The van der Waals surface area contributed by atoms with Crippen LogP contribution in [-0.2, 0) is 24.3 Å². The molecule has 10 heteroatoms. The van der Waals surface area contributed by atoms with Crippen LogP contribution in [0.3, 0.4) is 0 Å². The molecule has 2 aromatic rings. The van der Waals surface area contributed by atoms with Gasteiger partial charge in [0.05, 0.1) is 37.3 Å². The third-order valence-corrected chi connectivity index (χ3v) is 8.62. The Hall–Kier alpha value is -2.79. The van der Waals surface area contributed by atoms with Crippen LogP contribution in [0, 0.1) is 0 Å². The van der Waals surface area contributed by atoms with Gasteiger partial charge in [-0.05, 0) is 47.9 Å². The van der Waals surface area contributed by atoms with Gasteiger partial charge >= 0.3 is 0 Å². The number of nitrogens with zero attached hydrogens (tertiary/aromatic N) is 3. The summed E-state index contributed by atoms with van der Waals surface area (Å²) in [6, 6.07) is 12.2. The van der Waals surface area contributed by atoms with Gasteiger partial charge in [-0.3, -0.25) is 14.5 Å². The average molecular weight is 516 g/mol. The molecule has 0 N–H and O–H groups in total. The molecule has 1 unspecified atom stereocenters. The summed E-state index contributed by atoms with van der Waals surface area (Å²) < 4.78 is 39.3. The second-order valence-corrected chi connectivity index (χ2v) is 11.2. The van der Waals surface area contributed by atoms with Crippen LogP contribution in [0.4, 0.5) is 5.69 Å². The van der Waals surface area contributed by atoms with Crippen LogP contribution in [0.15, 0.2) is 53.4 Å². The summed E-state index contributed by atoms with van der Waals surface area (Å²) in [5, 5.41) is 0. The highest BCUT2D eigenvalue weighted by molar-refractivity contribution is 7.89. The lowest BCUT2D eigenvalue weighted by Crippen LogP contribution is -2.49. The van der Waals surface area contributed by atoms with Crippen molar-refractivity contribution >= 4 is 27.5 Å². The fourth-order valence-corrected chi connectivity index (χ4v) is 6.08. The third-order valence-electron chi connectivity index (χ3n) is 6.69. The van der Waals surface area contributed by atoms with Gasteiger partial charge in [-0.25, -0.2) is 13.3 Å². The third kappa shape index (κ3) is 5.46. The lowest BCUT2D eigenvalue weighted by molar-refractivity contribution is -0.122. The summed E-state index contributed by atoms with van der Waals surface area (Å²) in [4.78, 5) is 29.8. The van der Waals surface area contributed by atoms with Crippen molar-refractivity contribution in [3.63, 3.8) is 0 Å². The number of hydrogen-bond donors (Lipinski definition) is 0. The summed E-state index contributed by atoms with van der Waals surface area (Å²) in [6.45, 7) is 7.15. The first kappa shape index (κ1) is 26.3. The summed E-state index contributed by atoms with van der Waals surface area (Å²) in [5.74, 6) is -0.112. The monoisotopic (exact) mass is 515 g/mol. The smallest absolute Gasteiger partial charge is 0.252 e. The molecule has 0 saturated carbocycles. The van der Waals surface area contributed by atoms with Gasteiger partial charge < -0.3 is 9.47 Å². The molecule has 2 aliphatic rings. The number of rotatable bonds is 9. The molecule has 4 rings (SSSR count). The summed E-state index contributed by atoms with van der Waals surface area (Å²) >= 11 is 0. The standard InChI is InChI=1S/C26H33N3O6S/c1-19(2)20-4-6-21(7-5-20)29-25(30)18-24(26(29)31)28(13-12-27-14-16-35-17-15-27)36(32,33)23-10-8-22(34-3)9-11-23/h4-11,19,24H,12-18H2,1-3H3. The molecule has 2 amide bonds. The van der Waals surface area contributed by atoms with Gasteiger partial charge in [0.15, 0.2) is 0 Å². The number of sulfonamides is 1. The molecule has 0 bridgehead atoms. The van der Waals surface area contributed by atoms with Gasteiger partial charge in [0, 0.05) is 26.2 Å². The summed E-state index contributed by atoms with van der Waals surface area (Å²) in [7, 11) is -2.57. The Morgan fingerprint density at radius 2 is 1.67 bits per heavy atom. The van der Waals surface area contributed by atoms with Crippen LogP contribution >= 0.6 is 0 Å². The number of amides is 2. The van der Waals surface area contributed by atoms with Crippen molar-refractivity contribution in [1.82, 2.24) is 9.21 Å². The molecule has 0 aromatic heterocycles. The van der Waals surface area contributed by atoms with Gasteiger partial charge in [0.25, 0.3) is 5.91 Å². The van der Waals surface area contributed by atoms with Gasteiger partial charge in [-0.2, -0.15) is 4.31 Å². The lowest BCUT2D eigenvalue weighted by atomic mass is 10.0. The van der Waals surface area contributed by atoms with Crippen molar-refractivity contribution in [2.24, 2.45) is 0 Å². The highest BCUT2D eigenvalue weighted by Crippen LogP contribution is 2.30. The molecule has 2 aromatic carbocycles. The van der Waals surface area contributed by atoms with Crippen LogP contribution < -0.4 is 9.64 Å². The first-order chi connectivity index (χ1) is 17.2. The second kappa shape index (κ2) is 11.1. The van der Waals surface area contributed by atoms with E-state index in [1.54, 1.807) is 24.3 Å². The molecule has 2 heterocycles. The van der Waals surface area contributed by atoms with E-state index in [0.29, 0.717) is 50.2 Å². The Morgan fingerprint density at radius 1 is 1.03 bits per heavy atom. The van der Waals surface area contributed by atoms with Crippen molar-refractivity contribution in [3.8, 4) is 5.75 Å². The zero-order valence-corrected chi connectivity index (χ0v) is 21.7. The van der Waals surface area contributed by atoms with E-state index in [-0.39, 0.29) is 17.9 Å². The molecule has 0 aliphatic carbocycles. The van der Waals surface area contributed by atoms with Gasteiger partial charge in [0.1, 0.15) is 11.8 Å². The van der Waals surface area contributed by atoms with Gasteiger partial charge in [-0.1, -0.05) is 26.0 Å². The number of anilines is 1. The number of methoxy groups -OCH3 is 1. The van der Waals surface area contributed by atoms with Crippen molar-refractivity contribution in [2.75, 3.05) is 51.4 Å². The second-order valence-electron chi connectivity index (χ2n) is 9.28. The SMILES string of the molecule is COc1ccc(S(=O)(=O)N(CCN2CCOCC2)C2CC(=O)N(c3ccc(C(C)C)cc3)C2=O)cc1. The fourth-order valence-electron chi connectivity index (χ4n) is 4.51. The highest BCUT2D eigenvalue weighted by atomic mass is 32.2. The molecule has 1 atom stereocenters. The van der Waals surface area contributed by atoms with Crippen LogP contribution in [-0.4, -0.2) is 82.0 Å². The van der Waals surface area contributed by atoms with Crippen molar-refractivity contribution in [2.45, 2.75) is 37.1 Å². The number of imide groups is 1. The summed E-state index contributed by atoms with van der Waals surface area (Å²) in [5.41, 5.74) is 1.54. The van der Waals surface area contributed by atoms with E-state index < -0.39 is 27.9 Å². The van der Waals surface area contributed by atoms with Crippen LogP contribution in [0.1, 0.15) is 31.7 Å². The summed E-state index contributed by atoms with van der Waals surface area (Å²) in [6.07, 6.45) is -0.205. The fraction of sp³-hybridized carbons (Fsp3) is 0.462. The first-order valence-corrected chi connectivity index (χ1v) is 13.6. The van der Waals surface area contributed by atoms with E-state index in [2.05, 4.69) is 18.7 Å². The Bertz CT molecular complexity index is 1180. The quantitative estimate of drug-likeness (QED) is 0.474. The maximum absolute atomic E-state index is 13.8. The Balaban J connectivity index is 1.63. The molecular formula is C26H33N3O6S. The van der Waals surface area contributed by atoms with E-state index >= 15 is 0 Å². The topological polar surface area (TPSA) is 96.5 Å². The Labute approximate surface area is 212 Å². The van der Waals surface area contributed by atoms with Crippen molar-refractivity contribution < 1.29 is 27.5 Å². The maximum atomic E-state index is 13.8. The minimum Gasteiger partial charge on any atom is -0.497 e. The van der Waals surface area contributed by atoms with Crippen molar-refractivity contribution in [1.29, 1.82) is 0 Å². The molecule has 2 saturated heterocycles. The zero-order chi connectivity index (χ0) is 25.9. The molecule has 194 valence electrons. The number of benzene rings is 2. The van der Waals surface area contributed by atoms with Gasteiger partial charge in [-0.15, -0.1) is 0 Å². The Morgan fingerprint density at radius 3 is 2.25 bits per heavy atom. The lowest BCUT2D eigenvalue weighted by Gasteiger charge is -2.31. The van der Waals surface area contributed by atoms with Crippen LogP contribution in [0.2, 0.25) is 0 Å². The van der Waals surface area contributed by atoms with Crippen molar-refractivity contribution in [3.05, 3.63) is 54.1 Å². The minimum atomic E-state index is -4.07. The highest BCUT2D eigenvalue weighted by Gasteiger charge is 2.47. The van der Waals surface area contributed by atoms with Crippen LogP contribution in [0.25, 0.3) is 0 Å². The maximum Gasteiger partial charge on any atom is 0.252 e. The average Bonchev–Trinajstić information content (AvgIpc) is 3.18. The number of hydrogen-bond acceptors (Lipinski definition) is 7. The molecular weight excluding hydrogens is 482 g/mol.